The Labute approximate surface area is 144 Å². The average molecular weight is 339 g/mol. The van der Waals surface area contributed by atoms with E-state index in [4.69, 9.17) is 9.57 Å². The summed E-state index contributed by atoms with van der Waals surface area (Å²) in [7, 11) is 0. The monoisotopic (exact) mass is 339 g/mol. The summed E-state index contributed by atoms with van der Waals surface area (Å²) in [5.41, 5.74) is 0.656. The number of nitrogens with zero attached hydrogens (tertiary/aromatic N) is 1. The third-order valence-electron chi connectivity index (χ3n) is 3.93. The summed E-state index contributed by atoms with van der Waals surface area (Å²) in [6, 6.07) is 12.7. The molecule has 0 fully saturated rings. The topological polar surface area (TPSA) is 72.9 Å². The number of hydrogen-bond donors (Lipinski definition) is 0. The first-order chi connectivity index (χ1) is 12.0. The van der Waals surface area contributed by atoms with Crippen molar-refractivity contribution in [3.63, 3.8) is 0 Å². The molecule has 0 spiro atoms. The van der Waals surface area contributed by atoms with E-state index in [2.05, 4.69) is 0 Å². The highest BCUT2D eigenvalue weighted by Gasteiger charge is 2.38. The molecule has 1 aliphatic heterocycles. The maximum atomic E-state index is 12.2. The van der Waals surface area contributed by atoms with Crippen molar-refractivity contribution in [3.8, 4) is 5.75 Å². The Hall–Kier alpha value is -3.15. The van der Waals surface area contributed by atoms with Crippen molar-refractivity contribution < 1.29 is 24.0 Å². The maximum Gasteiger partial charge on any atom is 0.363 e. The highest BCUT2D eigenvalue weighted by Crippen LogP contribution is 2.23. The normalized spacial score (nSPS) is 14.2. The van der Waals surface area contributed by atoms with Gasteiger partial charge in [-0.1, -0.05) is 24.1 Å². The van der Waals surface area contributed by atoms with E-state index < -0.39 is 17.8 Å². The zero-order valence-corrected chi connectivity index (χ0v) is 13.9. The highest BCUT2D eigenvalue weighted by molar-refractivity contribution is 6.21. The first-order valence-corrected chi connectivity index (χ1v) is 7.98. The van der Waals surface area contributed by atoms with E-state index in [1.165, 1.54) is 24.3 Å². The third kappa shape index (κ3) is 3.24. The third-order valence-corrected chi connectivity index (χ3v) is 3.93. The van der Waals surface area contributed by atoms with Crippen LogP contribution in [0.5, 0.6) is 5.75 Å². The molecule has 1 unspecified atom stereocenters. The molecule has 2 aromatic carbocycles. The molecule has 6 nitrogen and oxygen atoms in total. The summed E-state index contributed by atoms with van der Waals surface area (Å²) >= 11 is 0. The van der Waals surface area contributed by atoms with Crippen LogP contribution in [0.1, 0.15) is 51.3 Å². The van der Waals surface area contributed by atoms with Crippen molar-refractivity contribution in [3.05, 3.63) is 65.2 Å². The molecule has 0 saturated heterocycles. The molecule has 128 valence electrons. The van der Waals surface area contributed by atoms with Gasteiger partial charge in [-0.25, -0.2) is 4.79 Å². The fraction of sp³-hybridized carbons (Fsp3) is 0.211. The van der Waals surface area contributed by atoms with E-state index in [-0.39, 0.29) is 22.8 Å². The lowest BCUT2D eigenvalue weighted by Gasteiger charge is -2.14. The van der Waals surface area contributed by atoms with Gasteiger partial charge in [-0.05, 0) is 49.7 Å². The summed E-state index contributed by atoms with van der Waals surface area (Å²) < 4.78 is 5.64. The van der Waals surface area contributed by atoms with Crippen molar-refractivity contribution in [2.45, 2.75) is 26.4 Å². The predicted molar refractivity (Wildman–Crippen MR) is 89.2 cm³/mol. The summed E-state index contributed by atoms with van der Waals surface area (Å²) in [6.07, 6.45) is 0.930. The molecule has 6 heteroatoms. The molecular weight excluding hydrogens is 322 g/mol. The first kappa shape index (κ1) is 16.7. The second-order valence-electron chi connectivity index (χ2n) is 5.69. The number of benzene rings is 2. The Morgan fingerprint density at radius 2 is 1.56 bits per heavy atom. The molecule has 25 heavy (non-hydrogen) atoms. The van der Waals surface area contributed by atoms with Crippen LogP contribution >= 0.6 is 0 Å². The van der Waals surface area contributed by atoms with Gasteiger partial charge >= 0.3 is 5.97 Å². The van der Waals surface area contributed by atoms with E-state index in [1.807, 2.05) is 13.8 Å². The molecule has 0 bridgehead atoms. The van der Waals surface area contributed by atoms with E-state index in [1.54, 1.807) is 24.3 Å². The zero-order chi connectivity index (χ0) is 18.0. The van der Waals surface area contributed by atoms with Crippen LogP contribution in [0, 0.1) is 0 Å². The lowest BCUT2D eigenvalue weighted by atomic mass is 10.1. The van der Waals surface area contributed by atoms with Gasteiger partial charge in [0.1, 0.15) is 5.75 Å². The number of ether oxygens (including phenoxy) is 1. The van der Waals surface area contributed by atoms with Crippen LogP contribution in [0.3, 0.4) is 0 Å². The van der Waals surface area contributed by atoms with Crippen molar-refractivity contribution >= 4 is 17.8 Å². The standard InChI is InChI=1S/C19H17NO5/c1-3-12(2)24-14-10-8-13(9-11-14)19(23)25-20-17(21)15-6-4-5-7-16(15)18(20)22/h4-12H,3H2,1-2H3. The summed E-state index contributed by atoms with van der Waals surface area (Å²) in [4.78, 5) is 41.6. The minimum atomic E-state index is -0.787. The van der Waals surface area contributed by atoms with Gasteiger partial charge in [0.2, 0.25) is 0 Å². The molecule has 1 aliphatic rings. The number of hydrogen-bond acceptors (Lipinski definition) is 5. The molecular formula is C19H17NO5. The SMILES string of the molecule is CCC(C)Oc1ccc(C(=O)ON2C(=O)c3ccccc3C2=O)cc1. The molecule has 3 rings (SSSR count). The minimum Gasteiger partial charge on any atom is -0.491 e. The number of carbonyl (C=O) groups is 3. The number of fused-ring (bicyclic) bond motifs is 1. The summed E-state index contributed by atoms with van der Waals surface area (Å²) in [5.74, 6) is -1.45. The fourth-order valence-corrected chi connectivity index (χ4v) is 2.37. The van der Waals surface area contributed by atoms with E-state index in [0.717, 1.165) is 6.42 Å². The quantitative estimate of drug-likeness (QED) is 0.782. The summed E-state index contributed by atoms with van der Waals surface area (Å²) in [5, 5.41) is 0.497. The van der Waals surface area contributed by atoms with E-state index >= 15 is 0 Å². The van der Waals surface area contributed by atoms with Crippen LogP contribution in [0.2, 0.25) is 0 Å². The molecule has 2 aromatic rings. The van der Waals surface area contributed by atoms with E-state index in [9.17, 15) is 14.4 Å². The van der Waals surface area contributed by atoms with Crippen molar-refractivity contribution in [2.75, 3.05) is 0 Å². The Morgan fingerprint density at radius 1 is 1.00 bits per heavy atom. The zero-order valence-electron chi connectivity index (χ0n) is 13.9. The lowest BCUT2D eigenvalue weighted by molar-refractivity contribution is -0.0584. The summed E-state index contributed by atoms with van der Waals surface area (Å²) in [6.45, 7) is 3.96. The van der Waals surface area contributed by atoms with Gasteiger partial charge in [-0.3, -0.25) is 9.59 Å². The lowest BCUT2D eigenvalue weighted by Crippen LogP contribution is -2.32. The number of carbonyl (C=O) groups excluding carboxylic acids is 3. The molecule has 1 atom stereocenters. The molecule has 2 amide bonds. The van der Waals surface area contributed by atoms with Crippen LogP contribution < -0.4 is 4.74 Å². The molecule has 0 aliphatic carbocycles. The smallest absolute Gasteiger partial charge is 0.363 e. The van der Waals surface area contributed by atoms with Gasteiger partial charge in [-0.2, -0.15) is 0 Å². The molecule has 1 heterocycles. The Kier molecular flexibility index (Phi) is 4.52. The Bertz CT molecular complexity index is 793. The van der Waals surface area contributed by atoms with Crippen molar-refractivity contribution in [2.24, 2.45) is 0 Å². The second-order valence-corrected chi connectivity index (χ2v) is 5.69. The van der Waals surface area contributed by atoms with Crippen LogP contribution in [-0.2, 0) is 4.84 Å². The number of hydroxylamine groups is 2. The minimum absolute atomic E-state index is 0.0659. The van der Waals surface area contributed by atoms with Crippen LogP contribution in [0.25, 0.3) is 0 Å². The molecule has 0 radical (unpaired) electrons. The fourth-order valence-electron chi connectivity index (χ4n) is 2.37. The van der Waals surface area contributed by atoms with Crippen LogP contribution in [0.15, 0.2) is 48.5 Å². The molecule has 0 aromatic heterocycles. The first-order valence-electron chi connectivity index (χ1n) is 7.98. The second kappa shape index (κ2) is 6.76. The highest BCUT2D eigenvalue weighted by atomic mass is 16.7. The molecule has 0 saturated carbocycles. The Morgan fingerprint density at radius 3 is 2.08 bits per heavy atom. The number of amides is 2. The number of rotatable bonds is 5. The van der Waals surface area contributed by atoms with Gasteiger partial charge in [-0.15, -0.1) is 0 Å². The van der Waals surface area contributed by atoms with Crippen LogP contribution in [-0.4, -0.2) is 29.0 Å². The molecule has 0 N–H and O–H groups in total. The largest absolute Gasteiger partial charge is 0.491 e. The van der Waals surface area contributed by atoms with Gasteiger partial charge in [0, 0.05) is 0 Å². The number of imide groups is 1. The van der Waals surface area contributed by atoms with Gasteiger partial charge in [0.15, 0.2) is 0 Å². The van der Waals surface area contributed by atoms with Crippen molar-refractivity contribution in [1.29, 1.82) is 0 Å². The van der Waals surface area contributed by atoms with Gasteiger partial charge in [0.25, 0.3) is 11.8 Å². The Balaban J connectivity index is 1.71. The van der Waals surface area contributed by atoms with Gasteiger partial charge in [0.05, 0.1) is 22.8 Å². The van der Waals surface area contributed by atoms with E-state index in [0.29, 0.717) is 10.8 Å². The van der Waals surface area contributed by atoms with Gasteiger partial charge < -0.3 is 9.57 Å². The van der Waals surface area contributed by atoms with Crippen molar-refractivity contribution in [1.82, 2.24) is 5.06 Å². The van der Waals surface area contributed by atoms with Crippen LogP contribution in [0.4, 0.5) is 0 Å². The average Bonchev–Trinajstić information content (AvgIpc) is 2.87. The maximum absolute atomic E-state index is 12.2. The predicted octanol–water partition coefficient (Wildman–Crippen LogP) is 3.23.